The van der Waals surface area contributed by atoms with Gasteiger partial charge in [0.05, 0.1) is 6.54 Å². The number of nitrogens with zero attached hydrogens (tertiary/aromatic N) is 2. The van der Waals surface area contributed by atoms with Gasteiger partial charge in [-0.25, -0.2) is 0 Å². The molecule has 0 spiro atoms. The SMILES string of the molecule is CC(C)CN(CC(=O)O)C1CN2CCC1CC2. The van der Waals surface area contributed by atoms with E-state index in [1.54, 1.807) is 0 Å². The molecule has 0 saturated carbocycles. The molecular weight excluding hydrogens is 216 g/mol. The number of aliphatic carboxylic acids is 1. The van der Waals surface area contributed by atoms with Crippen molar-refractivity contribution in [1.82, 2.24) is 9.80 Å². The maximum absolute atomic E-state index is 11.0. The van der Waals surface area contributed by atoms with E-state index >= 15 is 0 Å². The first-order chi connectivity index (χ1) is 8.06. The third-order valence-corrected chi connectivity index (χ3v) is 4.03. The quantitative estimate of drug-likeness (QED) is 0.782. The van der Waals surface area contributed by atoms with Crippen LogP contribution >= 0.6 is 0 Å². The number of carboxylic acids is 1. The number of carbonyl (C=O) groups is 1. The molecular formula is C13H24N2O2. The number of piperidine rings is 3. The first-order valence-electron chi connectivity index (χ1n) is 6.74. The molecule has 1 unspecified atom stereocenters. The van der Waals surface area contributed by atoms with Crippen LogP contribution in [0.5, 0.6) is 0 Å². The largest absolute Gasteiger partial charge is 0.480 e. The summed E-state index contributed by atoms with van der Waals surface area (Å²) in [5.41, 5.74) is 0. The molecule has 0 aliphatic carbocycles. The van der Waals surface area contributed by atoms with E-state index in [-0.39, 0.29) is 6.54 Å². The minimum absolute atomic E-state index is 0.202. The predicted octanol–water partition coefficient (Wildman–Crippen LogP) is 1.12. The molecule has 3 saturated heterocycles. The van der Waals surface area contributed by atoms with Crippen molar-refractivity contribution in [2.45, 2.75) is 32.7 Å². The molecule has 3 aliphatic heterocycles. The van der Waals surface area contributed by atoms with E-state index < -0.39 is 5.97 Å². The molecule has 3 fully saturated rings. The molecule has 3 heterocycles. The van der Waals surface area contributed by atoms with Gasteiger partial charge in [0, 0.05) is 19.1 Å². The zero-order valence-electron chi connectivity index (χ0n) is 10.9. The molecule has 4 nitrogen and oxygen atoms in total. The highest BCUT2D eigenvalue weighted by Crippen LogP contribution is 2.31. The molecule has 1 N–H and O–H groups in total. The lowest BCUT2D eigenvalue weighted by molar-refractivity contribution is -0.140. The highest BCUT2D eigenvalue weighted by atomic mass is 16.4. The predicted molar refractivity (Wildman–Crippen MR) is 67.0 cm³/mol. The molecule has 3 rings (SSSR count). The number of hydrogen-bond donors (Lipinski definition) is 1. The number of hydrogen-bond acceptors (Lipinski definition) is 3. The average molecular weight is 240 g/mol. The van der Waals surface area contributed by atoms with Crippen molar-refractivity contribution in [2.24, 2.45) is 11.8 Å². The number of fused-ring (bicyclic) bond motifs is 3. The molecule has 17 heavy (non-hydrogen) atoms. The summed E-state index contributed by atoms with van der Waals surface area (Å²) in [6.45, 7) is 8.93. The van der Waals surface area contributed by atoms with E-state index in [4.69, 9.17) is 5.11 Å². The van der Waals surface area contributed by atoms with Crippen molar-refractivity contribution >= 4 is 5.97 Å². The second kappa shape index (κ2) is 5.36. The van der Waals surface area contributed by atoms with Gasteiger partial charge in [0.15, 0.2) is 0 Å². The van der Waals surface area contributed by atoms with Crippen molar-refractivity contribution in [3.8, 4) is 0 Å². The fraction of sp³-hybridized carbons (Fsp3) is 0.923. The van der Waals surface area contributed by atoms with Crippen LogP contribution in [0.4, 0.5) is 0 Å². The summed E-state index contributed by atoms with van der Waals surface area (Å²) in [5, 5.41) is 9.04. The van der Waals surface area contributed by atoms with Gasteiger partial charge in [-0.15, -0.1) is 0 Å². The molecule has 2 bridgehead atoms. The van der Waals surface area contributed by atoms with E-state index in [1.807, 2.05) is 0 Å². The zero-order valence-corrected chi connectivity index (χ0v) is 10.9. The Kier molecular flexibility index (Phi) is 4.05. The third kappa shape index (κ3) is 3.19. The van der Waals surface area contributed by atoms with Crippen LogP contribution in [0.15, 0.2) is 0 Å². The van der Waals surface area contributed by atoms with Crippen molar-refractivity contribution in [3.63, 3.8) is 0 Å². The minimum Gasteiger partial charge on any atom is -0.480 e. The lowest BCUT2D eigenvalue weighted by atomic mass is 9.83. The molecule has 0 amide bonds. The zero-order chi connectivity index (χ0) is 12.4. The monoisotopic (exact) mass is 240 g/mol. The molecule has 98 valence electrons. The average Bonchev–Trinajstić information content (AvgIpc) is 2.28. The lowest BCUT2D eigenvalue weighted by Crippen LogP contribution is -2.58. The van der Waals surface area contributed by atoms with Crippen LogP contribution in [0.1, 0.15) is 26.7 Å². The van der Waals surface area contributed by atoms with E-state index in [0.29, 0.717) is 12.0 Å². The van der Waals surface area contributed by atoms with E-state index in [9.17, 15) is 4.79 Å². The van der Waals surface area contributed by atoms with Crippen LogP contribution in [-0.4, -0.2) is 59.6 Å². The van der Waals surface area contributed by atoms with Crippen molar-refractivity contribution in [3.05, 3.63) is 0 Å². The van der Waals surface area contributed by atoms with Gasteiger partial charge in [-0.3, -0.25) is 9.69 Å². The highest BCUT2D eigenvalue weighted by Gasteiger charge is 2.37. The summed E-state index contributed by atoms with van der Waals surface area (Å²) in [6.07, 6.45) is 2.50. The number of carboxylic acid groups (broad SMARTS) is 1. The van der Waals surface area contributed by atoms with Gasteiger partial charge < -0.3 is 10.0 Å². The van der Waals surface area contributed by atoms with Gasteiger partial charge in [0.25, 0.3) is 0 Å². The maximum Gasteiger partial charge on any atom is 0.317 e. The highest BCUT2D eigenvalue weighted by molar-refractivity contribution is 5.69. The smallest absolute Gasteiger partial charge is 0.317 e. The first-order valence-corrected chi connectivity index (χ1v) is 6.74. The van der Waals surface area contributed by atoms with Gasteiger partial charge in [-0.1, -0.05) is 13.8 Å². The van der Waals surface area contributed by atoms with Gasteiger partial charge in [0.2, 0.25) is 0 Å². The summed E-state index contributed by atoms with van der Waals surface area (Å²) >= 11 is 0. The van der Waals surface area contributed by atoms with Crippen molar-refractivity contribution < 1.29 is 9.90 Å². The maximum atomic E-state index is 11.0. The van der Waals surface area contributed by atoms with Gasteiger partial charge >= 0.3 is 5.97 Å². The molecule has 4 heteroatoms. The van der Waals surface area contributed by atoms with Crippen LogP contribution < -0.4 is 0 Å². The van der Waals surface area contributed by atoms with E-state index in [1.165, 1.54) is 25.9 Å². The molecule has 0 aromatic rings. The summed E-state index contributed by atoms with van der Waals surface area (Å²) in [5.74, 6) is 0.560. The fourth-order valence-electron chi connectivity index (χ4n) is 3.31. The molecule has 3 aliphatic rings. The lowest BCUT2D eigenvalue weighted by Gasteiger charge is -2.49. The Morgan fingerprint density at radius 3 is 2.47 bits per heavy atom. The third-order valence-electron chi connectivity index (χ3n) is 4.03. The molecule has 0 radical (unpaired) electrons. The second-order valence-electron chi connectivity index (χ2n) is 5.92. The van der Waals surface area contributed by atoms with Crippen molar-refractivity contribution in [1.29, 1.82) is 0 Å². The summed E-state index contributed by atoms with van der Waals surface area (Å²) in [6, 6.07) is 0.469. The standard InChI is InChI=1S/C13H24N2O2/c1-10(2)7-15(9-13(16)17)12-8-14-5-3-11(12)4-6-14/h10-12H,3-9H2,1-2H3,(H,16,17). The Bertz CT molecular complexity index is 273. The Labute approximate surface area is 104 Å². The van der Waals surface area contributed by atoms with Gasteiger partial charge in [-0.2, -0.15) is 0 Å². The first kappa shape index (κ1) is 12.8. The van der Waals surface area contributed by atoms with Crippen LogP contribution in [0.2, 0.25) is 0 Å². The Morgan fingerprint density at radius 1 is 1.41 bits per heavy atom. The summed E-state index contributed by atoms with van der Waals surface area (Å²) in [7, 11) is 0. The van der Waals surface area contributed by atoms with Crippen LogP contribution in [0.3, 0.4) is 0 Å². The summed E-state index contributed by atoms with van der Waals surface area (Å²) in [4.78, 5) is 15.7. The molecule has 0 aromatic heterocycles. The summed E-state index contributed by atoms with van der Waals surface area (Å²) < 4.78 is 0. The Balaban J connectivity index is 2.01. The van der Waals surface area contributed by atoms with Gasteiger partial charge in [0.1, 0.15) is 0 Å². The fourth-order valence-corrected chi connectivity index (χ4v) is 3.31. The normalized spacial score (nSPS) is 32.4. The number of rotatable bonds is 5. The second-order valence-corrected chi connectivity index (χ2v) is 5.92. The molecule has 1 atom stereocenters. The van der Waals surface area contributed by atoms with Crippen molar-refractivity contribution in [2.75, 3.05) is 32.7 Å². The Hall–Kier alpha value is -0.610. The van der Waals surface area contributed by atoms with Crippen LogP contribution in [0.25, 0.3) is 0 Å². The van der Waals surface area contributed by atoms with Gasteiger partial charge in [-0.05, 0) is 37.8 Å². The minimum atomic E-state index is -0.693. The van der Waals surface area contributed by atoms with Crippen LogP contribution in [0, 0.1) is 11.8 Å². The van der Waals surface area contributed by atoms with E-state index in [2.05, 4.69) is 23.6 Å². The van der Waals surface area contributed by atoms with E-state index in [0.717, 1.165) is 19.0 Å². The van der Waals surface area contributed by atoms with Crippen LogP contribution in [-0.2, 0) is 4.79 Å². The molecule has 0 aromatic carbocycles. The topological polar surface area (TPSA) is 43.8 Å². The Morgan fingerprint density at radius 2 is 2.06 bits per heavy atom.